The third-order valence-corrected chi connectivity index (χ3v) is 8.71. The van der Waals surface area contributed by atoms with Gasteiger partial charge in [0.25, 0.3) is 0 Å². The fraction of sp³-hybridized carbons (Fsp3) is 0.667. The summed E-state index contributed by atoms with van der Waals surface area (Å²) in [6.07, 6.45) is 6.46. The highest BCUT2D eigenvalue weighted by Gasteiger charge is 2.34. The van der Waals surface area contributed by atoms with Crippen molar-refractivity contribution in [1.29, 1.82) is 0 Å². The summed E-state index contributed by atoms with van der Waals surface area (Å²) in [5.74, 6) is 0.898. The lowest BCUT2D eigenvalue weighted by molar-refractivity contribution is -0.134. The molecule has 0 N–H and O–H groups in total. The number of hydrogen-bond donors (Lipinski definition) is 0. The maximum atomic E-state index is 13.9. The summed E-state index contributed by atoms with van der Waals surface area (Å²) in [4.78, 5) is 16.5. The maximum absolute atomic E-state index is 13.9. The predicted octanol–water partition coefficient (Wildman–Crippen LogP) is 2.17. The monoisotopic (exact) mass is 423 g/mol. The number of carbonyl (C=O) groups excluding carboxylic acids is 1. The topological polar surface area (TPSA) is 60.9 Å². The third kappa shape index (κ3) is 4.49. The molecule has 2 aliphatic heterocycles. The van der Waals surface area contributed by atoms with E-state index >= 15 is 0 Å². The SMILES string of the molecule is O=C(CN1CC[C@@H]2CCCC[C@@H]2C1)N1CCN(S(=O)(=O)c2ccccc2F)CC1. The summed E-state index contributed by atoms with van der Waals surface area (Å²) >= 11 is 0. The molecule has 29 heavy (non-hydrogen) atoms. The smallest absolute Gasteiger partial charge is 0.246 e. The van der Waals surface area contributed by atoms with Crippen LogP contribution >= 0.6 is 0 Å². The molecule has 3 aliphatic rings. The zero-order valence-electron chi connectivity index (χ0n) is 16.8. The number of carbonyl (C=O) groups is 1. The molecule has 2 heterocycles. The van der Waals surface area contributed by atoms with Crippen LogP contribution in [0.25, 0.3) is 0 Å². The van der Waals surface area contributed by atoms with Crippen molar-refractivity contribution in [2.45, 2.75) is 37.0 Å². The van der Waals surface area contributed by atoms with Crippen molar-refractivity contribution < 1.29 is 17.6 Å². The summed E-state index contributed by atoms with van der Waals surface area (Å²) in [7, 11) is -3.87. The van der Waals surface area contributed by atoms with Crippen molar-refractivity contribution in [2.75, 3.05) is 45.8 Å². The van der Waals surface area contributed by atoms with Gasteiger partial charge in [-0.3, -0.25) is 9.69 Å². The first-order chi connectivity index (χ1) is 13.9. The molecule has 0 radical (unpaired) electrons. The van der Waals surface area contributed by atoms with E-state index in [4.69, 9.17) is 0 Å². The normalized spacial score (nSPS) is 26.9. The van der Waals surface area contributed by atoms with Crippen molar-refractivity contribution in [3.63, 3.8) is 0 Å². The number of piperazine rings is 1. The highest BCUT2D eigenvalue weighted by molar-refractivity contribution is 7.89. The Hall–Kier alpha value is -1.51. The number of nitrogens with zero attached hydrogens (tertiary/aromatic N) is 3. The Bertz CT molecular complexity index is 839. The maximum Gasteiger partial charge on any atom is 0.246 e. The molecule has 0 unspecified atom stereocenters. The van der Waals surface area contributed by atoms with E-state index in [-0.39, 0.29) is 23.9 Å². The van der Waals surface area contributed by atoms with Gasteiger partial charge < -0.3 is 4.90 Å². The Balaban J connectivity index is 1.30. The quantitative estimate of drug-likeness (QED) is 0.745. The highest BCUT2D eigenvalue weighted by Crippen LogP contribution is 2.36. The van der Waals surface area contributed by atoms with Crippen molar-refractivity contribution in [3.05, 3.63) is 30.1 Å². The predicted molar refractivity (Wildman–Crippen MR) is 108 cm³/mol. The van der Waals surface area contributed by atoms with Crippen LogP contribution in [0.5, 0.6) is 0 Å². The average Bonchev–Trinajstić information content (AvgIpc) is 2.74. The van der Waals surface area contributed by atoms with E-state index in [9.17, 15) is 17.6 Å². The Morgan fingerprint density at radius 2 is 1.66 bits per heavy atom. The number of halogens is 1. The van der Waals surface area contributed by atoms with Gasteiger partial charge in [0.15, 0.2) is 0 Å². The Labute approximate surface area is 172 Å². The van der Waals surface area contributed by atoms with Crippen molar-refractivity contribution in [2.24, 2.45) is 11.8 Å². The van der Waals surface area contributed by atoms with E-state index in [1.807, 2.05) is 0 Å². The number of likely N-dealkylation sites (tertiary alicyclic amines) is 1. The minimum Gasteiger partial charge on any atom is -0.339 e. The molecule has 1 aliphatic carbocycles. The number of sulfonamides is 1. The second-order valence-corrected chi connectivity index (χ2v) is 10.5. The van der Waals surface area contributed by atoms with Crippen LogP contribution in [0.15, 0.2) is 29.2 Å². The van der Waals surface area contributed by atoms with Gasteiger partial charge in [-0.2, -0.15) is 4.31 Å². The van der Waals surface area contributed by atoms with Gasteiger partial charge in [-0.05, 0) is 43.4 Å². The van der Waals surface area contributed by atoms with E-state index in [2.05, 4.69) is 4.90 Å². The molecule has 2 atom stereocenters. The first kappa shape index (κ1) is 20.8. The lowest BCUT2D eigenvalue weighted by atomic mass is 9.75. The van der Waals surface area contributed by atoms with E-state index < -0.39 is 15.8 Å². The van der Waals surface area contributed by atoms with Gasteiger partial charge in [-0.1, -0.05) is 31.4 Å². The number of hydrogen-bond acceptors (Lipinski definition) is 4. The summed E-state index contributed by atoms with van der Waals surface area (Å²) < 4.78 is 40.6. The summed E-state index contributed by atoms with van der Waals surface area (Å²) in [5, 5.41) is 0. The molecule has 8 heteroatoms. The van der Waals surface area contributed by atoms with Gasteiger partial charge in [-0.25, -0.2) is 12.8 Å². The first-order valence-electron chi connectivity index (χ1n) is 10.7. The van der Waals surface area contributed by atoms with Crippen LogP contribution in [0, 0.1) is 17.7 Å². The number of amides is 1. The van der Waals surface area contributed by atoms with Crippen LogP contribution < -0.4 is 0 Å². The molecule has 2 saturated heterocycles. The van der Waals surface area contributed by atoms with Crippen LogP contribution in [-0.2, 0) is 14.8 Å². The van der Waals surface area contributed by atoms with Crippen LogP contribution in [0.3, 0.4) is 0 Å². The van der Waals surface area contributed by atoms with Crippen molar-refractivity contribution in [3.8, 4) is 0 Å². The molecule has 1 aromatic carbocycles. The van der Waals surface area contributed by atoms with Gasteiger partial charge in [-0.15, -0.1) is 0 Å². The van der Waals surface area contributed by atoms with E-state index in [0.29, 0.717) is 19.6 Å². The number of rotatable bonds is 4. The summed E-state index contributed by atoms with van der Waals surface area (Å²) in [5.41, 5.74) is 0. The van der Waals surface area contributed by atoms with Gasteiger partial charge in [0, 0.05) is 32.7 Å². The average molecular weight is 424 g/mol. The lowest BCUT2D eigenvalue weighted by Gasteiger charge is -2.42. The van der Waals surface area contributed by atoms with Gasteiger partial charge in [0.1, 0.15) is 10.7 Å². The Morgan fingerprint density at radius 1 is 0.966 bits per heavy atom. The van der Waals surface area contributed by atoms with Gasteiger partial charge >= 0.3 is 0 Å². The lowest BCUT2D eigenvalue weighted by Crippen LogP contribution is -2.53. The third-order valence-electron chi connectivity index (χ3n) is 6.78. The largest absolute Gasteiger partial charge is 0.339 e. The minimum absolute atomic E-state index is 0.0715. The van der Waals surface area contributed by atoms with E-state index in [1.165, 1.54) is 54.6 Å². The Morgan fingerprint density at radius 3 is 2.38 bits per heavy atom. The second-order valence-electron chi connectivity index (χ2n) is 8.54. The molecule has 160 valence electrons. The molecular weight excluding hydrogens is 393 g/mol. The highest BCUT2D eigenvalue weighted by atomic mass is 32.2. The number of benzene rings is 1. The molecule has 1 saturated carbocycles. The zero-order valence-corrected chi connectivity index (χ0v) is 17.6. The molecule has 0 spiro atoms. The molecule has 1 amide bonds. The molecular formula is C21H30FN3O3S. The fourth-order valence-electron chi connectivity index (χ4n) is 5.08. The standard InChI is InChI=1S/C21H30FN3O3S/c22-19-7-3-4-8-20(19)29(27,28)25-13-11-24(12-14-25)21(26)16-23-10-9-17-5-1-2-6-18(17)15-23/h3-4,7-8,17-18H,1-2,5-6,9-16H2/t17-,18+/m0/s1. The molecule has 6 nitrogen and oxygen atoms in total. The second kappa shape index (κ2) is 8.70. The molecule has 4 rings (SSSR count). The van der Waals surface area contributed by atoms with Crippen LogP contribution in [0.2, 0.25) is 0 Å². The number of piperidine rings is 1. The fourth-order valence-corrected chi connectivity index (χ4v) is 6.57. The Kier molecular flexibility index (Phi) is 6.22. The van der Waals surface area contributed by atoms with Crippen LogP contribution in [0.4, 0.5) is 4.39 Å². The van der Waals surface area contributed by atoms with Gasteiger partial charge in [0.05, 0.1) is 6.54 Å². The van der Waals surface area contributed by atoms with Gasteiger partial charge in [0.2, 0.25) is 15.9 Å². The molecule has 0 aromatic heterocycles. The molecule has 0 bridgehead atoms. The van der Waals surface area contributed by atoms with Crippen molar-refractivity contribution in [1.82, 2.24) is 14.1 Å². The van der Waals surface area contributed by atoms with E-state index in [1.54, 1.807) is 4.90 Å². The van der Waals surface area contributed by atoms with Crippen LogP contribution in [-0.4, -0.2) is 74.2 Å². The molecule has 1 aromatic rings. The van der Waals surface area contributed by atoms with Crippen molar-refractivity contribution >= 4 is 15.9 Å². The summed E-state index contributed by atoms with van der Waals surface area (Å²) in [6, 6.07) is 5.44. The minimum atomic E-state index is -3.87. The zero-order chi connectivity index (χ0) is 20.4. The molecule has 3 fully saturated rings. The van der Waals surface area contributed by atoms with Crippen LogP contribution in [0.1, 0.15) is 32.1 Å². The first-order valence-corrected chi connectivity index (χ1v) is 12.1. The van der Waals surface area contributed by atoms with E-state index in [0.717, 1.165) is 31.0 Å². The number of fused-ring (bicyclic) bond motifs is 1. The summed E-state index contributed by atoms with van der Waals surface area (Å²) in [6.45, 7) is 3.52.